The van der Waals surface area contributed by atoms with Gasteiger partial charge in [-0.3, -0.25) is 0 Å². The molecule has 0 aliphatic carbocycles. The summed E-state index contributed by atoms with van der Waals surface area (Å²) in [7, 11) is 0. The van der Waals surface area contributed by atoms with E-state index in [1.165, 1.54) is 0 Å². The Labute approximate surface area is 137 Å². The predicted molar refractivity (Wildman–Crippen MR) is 88.9 cm³/mol. The van der Waals surface area contributed by atoms with Crippen LogP contribution in [0.4, 0.5) is 0 Å². The standard InChI is InChI=1S/C17H11Cl2NO2/c1-9-2-5-15-12(6-9)13(17(21)22)8-16(20-15)11-4-3-10(18)7-14(11)19/h2-8H,1H3,(H,21,22). The molecule has 22 heavy (non-hydrogen) atoms. The molecular formula is C17H11Cl2NO2. The lowest BCUT2D eigenvalue weighted by Gasteiger charge is -2.09. The molecule has 0 aliphatic heterocycles. The molecule has 3 nitrogen and oxygen atoms in total. The maximum Gasteiger partial charge on any atom is 0.336 e. The van der Waals surface area contributed by atoms with Crippen molar-refractivity contribution in [2.24, 2.45) is 0 Å². The minimum Gasteiger partial charge on any atom is -0.478 e. The maximum atomic E-state index is 11.6. The Bertz CT molecular complexity index is 907. The summed E-state index contributed by atoms with van der Waals surface area (Å²) < 4.78 is 0. The molecule has 0 amide bonds. The van der Waals surface area contributed by atoms with Crippen molar-refractivity contribution in [1.82, 2.24) is 4.98 Å². The topological polar surface area (TPSA) is 50.2 Å². The van der Waals surface area contributed by atoms with E-state index in [4.69, 9.17) is 23.2 Å². The van der Waals surface area contributed by atoms with Crippen molar-refractivity contribution in [1.29, 1.82) is 0 Å². The number of carboxylic acid groups (broad SMARTS) is 1. The second-order valence-electron chi connectivity index (χ2n) is 5.00. The number of halogens is 2. The number of nitrogens with zero attached hydrogens (tertiary/aromatic N) is 1. The molecule has 110 valence electrons. The molecule has 0 unspecified atom stereocenters. The number of aromatic carboxylic acids is 1. The number of fused-ring (bicyclic) bond motifs is 1. The Balaban J connectivity index is 2.32. The van der Waals surface area contributed by atoms with Crippen LogP contribution >= 0.6 is 23.2 Å². The summed E-state index contributed by atoms with van der Waals surface area (Å²) in [6, 6.07) is 12.1. The van der Waals surface area contributed by atoms with Crippen LogP contribution in [0.5, 0.6) is 0 Å². The van der Waals surface area contributed by atoms with Crippen LogP contribution in [0.15, 0.2) is 42.5 Å². The van der Waals surface area contributed by atoms with Gasteiger partial charge in [0, 0.05) is 16.0 Å². The smallest absolute Gasteiger partial charge is 0.336 e. The first-order valence-electron chi connectivity index (χ1n) is 6.56. The van der Waals surface area contributed by atoms with Gasteiger partial charge < -0.3 is 5.11 Å². The molecule has 1 N–H and O–H groups in total. The van der Waals surface area contributed by atoms with E-state index in [1.807, 2.05) is 25.1 Å². The van der Waals surface area contributed by atoms with Gasteiger partial charge in [0.25, 0.3) is 0 Å². The van der Waals surface area contributed by atoms with Crippen molar-refractivity contribution in [3.8, 4) is 11.3 Å². The highest BCUT2D eigenvalue weighted by Gasteiger charge is 2.14. The van der Waals surface area contributed by atoms with Crippen molar-refractivity contribution in [3.63, 3.8) is 0 Å². The largest absolute Gasteiger partial charge is 0.478 e. The normalized spacial score (nSPS) is 10.9. The third kappa shape index (κ3) is 2.65. The summed E-state index contributed by atoms with van der Waals surface area (Å²) in [4.78, 5) is 16.1. The molecule has 0 spiro atoms. The molecule has 0 radical (unpaired) electrons. The molecule has 0 bridgehead atoms. The zero-order valence-corrected chi connectivity index (χ0v) is 13.1. The molecule has 2 aromatic carbocycles. The highest BCUT2D eigenvalue weighted by Crippen LogP contribution is 2.32. The molecule has 3 aromatic rings. The van der Waals surface area contributed by atoms with E-state index in [2.05, 4.69) is 4.98 Å². The molecule has 0 saturated carbocycles. The Morgan fingerprint density at radius 1 is 1.09 bits per heavy atom. The first-order chi connectivity index (χ1) is 10.5. The first kappa shape index (κ1) is 14.8. The van der Waals surface area contributed by atoms with Crippen LogP contribution in [-0.4, -0.2) is 16.1 Å². The van der Waals surface area contributed by atoms with Crippen molar-refractivity contribution in [2.75, 3.05) is 0 Å². The Morgan fingerprint density at radius 3 is 2.55 bits per heavy atom. The summed E-state index contributed by atoms with van der Waals surface area (Å²) in [5, 5.41) is 11.0. The molecule has 3 rings (SSSR count). The van der Waals surface area contributed by atoms with Gasteiger partial charge in [0.2, 0.25) is 0 Å². The Kier molecular flexibility index (Phi) is 3.77. The monoisotopic (exact) mass is 331 g/mol. The fourth-order valence-corrected chi connectivity index (χ4v) is 2.86. The molecule has 0 atom stereocenters. The van der Waals surface area contributed by atoms with E-state index >= 15 is 0 Å². The molecule has 1 aromatic heterocycles. The van der Waals surface area contributed by atoms with Crippen LogP contribution in [0.25, 0.3) is 22.2 Å². The van der Waals surface area contributed by atoms with Gasteiger partial charge in [-0.25, -0.2) is 9.78 Å². The lowest BCUT2D eigenvalue weighted by Crippen LogP contribution is -2.00. The van der Waals surface area contributed by atoms with Gasteiger partial charge >= 0.3 is 5.97 Å². The quantitative estimate of drug-likeness (QED) is 0.700. The van der Waals surface area contributed by atoms with Gasteiger partial charge in [0.15, 0.2) is 0 Å². The summed E-state index contributed by atoms with van der Waals surface area (Å²) in [5.74, 6) is -0.996. The van der Waals surface area contributed by atoms with E-state index in [-0.39, 0.29) is 5.56 Å². The first-order valence-corrected chi connectivity index (χ1v) is 7.31. The molecule has 0 aliphatic rings. The van der Waals surface area contributed by atoms with Crippen LogP contribution < -0.4 is 0 Å². The fraction of sp³-hybridized carbons (Fsp3) is 0.0588. The summed E-state index contributed by atoms with van der Waals surface area (Å²) in [5.41, 5.74) is 2.96. The molecule has 5 heteroatoms. The number of pyridine rings is 1. The molecule has 0 fully saturated rings. The Morgan fingerprint density at radius 2 is 1.86 bits per heavy atom. The number of rotatable bonds is 2. The number of aromatic nitrogens is 1. The molecule has 1 heterocycles. The fourth-order valence-electron chi connectivity index (χ4n) is 2.35. The molecular weight excluding hydrogens is 321 g/mol. The van der Waals surface area contributed by atoms with Crippen molar-refractivity contribution in [3.05, 3.63) is 63.6 Å². The van der Waals surface area contributed by atoms with Crippen LogP contribution in [0, 0.1) is 6.92 Å². The predicted octanol–water partition coefficient (Wildman–Crippen LogP) is 5.22. The minimum atomic E-state index is -0.996. The highest BCUT2D eigenvalue weighted by atomic mass is 35.5. The lowest BCUT2D eigenvalue weighted by atomic mass is 10.0. The van der Waals surface area contributed by atoms with E-state index in [1.54, 1.807) is 24.3 Å². The third-order valence-corrected chi connectivity index (χ3v) is 3.95. The van der Waals surface area contributed by atoms with E-state index < -0.39 is 5.97 Å². The second-order valence-corrected chi connectivity index (χ2v) is 5.85. The minimum absolute atomic E-state index is 0.203. The van der Waals surface area contributed by atoms with E-state index in [9.17, 15) is 9.90 Å². The summed E-state index contributed by atoms with van der Waals surface area (Å²) >= 11 is 12.1. The molecule has 0 saturated heterocycles. The average Bonchev–Trinajstić information content (AvgIpc) is 2.46. The number of hydrogen-bond acceptors (Lipinski definition) is 2. The van der Waals surface area contributed by atoms with E-state index in [0.29, 0.717) is 32.2 Å². The number of carboxylic acids is 1. The van der Waals surface area contributed by atoms with Crippen molar-refractivity contribution < 1.29 is 9.90 Å². The van der Waals surface area contributed by atoms with Crippen LogP contribution in [0.2, 0.25) is 10.0 Å². The maximum absolute atomic E-state index is 11.6. The number of carbonyl (C=O) groups is 1. The van der Waals surface area contributed by atoms with Crippen LogP contribution in [0.3, 0.4) is 0 Å². The van der Waals surface area contributed by atoms with Gasteiger partial charge in [-0.1, -0.05) is 34.8 Å². The number of benzene rings is 2. The number of aryl methyl sites for hydroxylation is 1. The van der Waals surface area contributed by atoms with Crippen molar-refractivity contribution >= 4 is 40.1 Å². The third-order valence-electron chi connectivity index (χ3n) is 3.40. The Hall–Kier alpha value is -2.10. The lowest BCUT2D eigenvalue weighted by molar-refractivity contribution is 0.0699. The summed E-state index contributed by atoms with van der Waals surface area (Å²) in [6.07, 6.45) is 0. The average molecular weight is 332 g/mol. The van der Waals surface area contributed by atoms with E-state index in [0.717, 1.165) is 5.56 Å². The second kappa shape index (κ2) is 5.59. The van der Waals surface area contributed by atoms with Gasteiger partial charge in [-0.05, 0) is 43.3 Å². The highest BCUT2D eigenvalue weighted by molar-refractivity contribution is 6.36. The van der Waals surface area contributed by atoms with Gasteiger partial charge in [0.05, 0.1) is 21.8 Å². The van der Waals surface area contributed by atoms with Gasteiger partial charge in [-0.2, -0.15) is 0 Å². The van der Waals surface area contributed by atoms with Crippen molar-refractivity contribution in [2.45, 2.75) is 6.92 Å². The SMILES string of the molecule is Cc1ccc2nc(-c3ccc(Cl)cc3Cl)cc(C(=O)O)c2c1. The van der Waals surface area contributed by atoms with Gasteiger partial charge in [0.1, 0.15) is 0 Å². The zero-order chi connectivity index (χ0) is 15.9. The zero-order valence-electron chi connectivity index (χ0n) is 11.6. The van der Waals surface area contributed by atoms with Crippen LogP contribution in [-0.2, 0) is 0 Å². The van der Waals surface area contributed by atoms with Crippen LogP contribution in [0.1, 0.15) is 15.9 Å². The summed E-state index contributed by atoms with van der Waals surface area (Å²) in [6.45, 7) is 1.91. The number of hydrogen-bond donors (Lipinski definition) is 1. The van der Waals surface area contributed by atoms with Gasteiger partial charge in [-0.15, -0.1) is 0 Å².